The van der Waals surface area contributed by atoms with Crippen molar-refractivity contribution in [2.75, 3.05) is 0 Å². The molecule has 0 aliphatic heterocycles. The zero-order chi connectivity index (χ0) is 23.9. The third-order valence-electron chi connectivity index (χ3n) is 5.97. The Kier molecular flexibility index (Phi) is 5.14. The van der Waals surface area contributed by atoms with Crippen molar-refractivity contribution in [3.63, 3.8) is 0 Å². The van der Waals surface area contributed by atoms with E-state index in [4.69, 9.17) is 31.7 Å². The van der Waals surface area contributed by atoms with Crippen LogP contribution in [0, 0.1) is 0 Å². The molecule has 1 fully saturated rings. The molecule has 4 aromatic rings. The zero-order valence-corrected chi connectivity index (χ0v) is 18.1. The molecule has 0 spiro atoms. The smallest absolute Gasteiger partial charge is 0.406 e. The molecule has 0 unspecified atom stereocenters. The summed E-state index contributed by atoms with van der Waals surface area (Å²) in [6.45, 7) is 0. The molecule has 172 valence electrons. The molecule has 2 heterocycles. The summed E-state index contributed by atoms with van der Waals surface area (Å²) in [4.78, 5) is 27.6. The fourth-order valence-electron chi connectivity index (χ4n) is 4.17. The Balaban J connectivity index is 1.73. The Labute approximate surface area is 194 Å². The van der Waals surface area contributed by atoms with Gasteiger partial charge in [-0.15, -0.1) is 5.10 Å². The zero-order valence-electron chi connectivity index (χ0n) is 18.1. The van der Waals surface area contributed by atoms with Crippen LogP contribution in [0.2, 0.25) is 0 Å². The van der Waals surface area contributed by atoms with Gasteiger partial charge in [0.25, 0.3) is 0 Å². The lowest BCUT2D eigenvalue weighted by molar-refractivity contribution is 0.207. The van der Waals surface area contributed by atoms with Gasteiger partial charge in [-0.25, -0.2) is 19.1 Å². The van der Waals surface area contributed by atoms with Gasteiger partial charge in [0.15, 0.2) is 11.4 Å². The molecule has 2 amide bonds. The van der Waals surface area contributed by atoms with Crippen molar-refractivity contribution in [3.05, 3.63) is 66.2 Å². The van der Waals surface area contributed by atoms with Gasteiger partial charge in [-0.05, 0) is 24.8 Å². The third-order valence-corrected chi connectivity index (χ3v) is 5.97. The summed E-state index contributed by atoms with van der Waals surface area (Å²) in [5.41, 5.74) is 20.6. The molecule has 10 nitrogen and oxygen atoms in total. The summed E-state index contributed by atoms with van der Waals surface area (Å²) in [6.07, 6.45) is 0.905. The normalized spacial score (nSPS) is 14.4. The van der Waals surface area contributed by atoms with Crippen molar-refractivity contribution in [2.24, 2.45) is 17.2 Å². The van der Waals surface area contributed by atoms with Crippen LogP contribution in [-0.2, 0) is 5.54 Å². The van der Waals surface area contributed by atoms with Crippen molar-refractivity contribution < 1.29 is 19.1 Å². The van der Waals surface area contributed by atoms with E-state index in [0.29, 0.717) is 11.4 Å². The van der Waals surface area contributed by atoms with Gasteiger partial charge in [0, 0.05) is 22.7 Å². The lowest BCUT2D eigenvalue weighted by Crippen LogP contribution is -2.43. The van der Waals surface area contributed by atoms with Crippen LogP contribution in [0.3, 0.4) is 0 Å². The van der Waals surface area contributed by atoms with E-state index in [-0.39, 0.29) is 22.8 Å². The summed E-state index contributed by atoms with van der Waals surface area (Å²) >= 11 is 0. The van der Waals surface area contributed by atoms with E-state index in [1.54, 1.807) is 0 Å². The number of carbonyl (C=O) groups is 2. The number of nitrogens with two attached hydrogens (primary N) is 3. The first-order valence-electron chi connectivity index (χ1n) is 10.7. The van der Waals surface area contributed by atoms with Gasteiger partial charge in [-0.2, -0.15) is 0 Å². The number of nitrogens with zero attached hydrogens (tertiary/aromatic N) is 3. The number of imidazole rings is 1. The number of primary amides is 2. The third kappa shape index (κ3) is 3.80. The molecule has 6 N–H and O–H groups in total. The standard InChI is InChI=1S/C24H22N6O4/c25-22(31)33-17-13-18(34-23(26)32)29-30-20(15-5-2-1-3-6-15)19(28-21(17)30)14-7-9-16(10-8-14)24(27)11-4-12-24/h1-3,5-10,13H,4,11-12,27H2,(H2,25,31)(H2,26,32). The van der Waals surface area contributed by atoms with Crippen LogP contribution in [0.4, 0.5) is 9.59 Å². The van der Waals surface area contributed by atoms with E-state index in [9.17, 15) is 9.59 Å². The Morgan fingerprint density at radius 2 is 1.59 bits per heavy atom. The van der Waals surface area contributed by atoms with Crippen LogP contribution in [0.15, 0.2) is 60.7 Å². The molecule has 0 atom stereocenters. The minimum absolute atomic E-state index is 0.0332. The van der Waals surface area contributed by atoms with Crippen LogP contribution in [0.5, 0.6) is 11.6 Å². The maximum Gasteiger partial charge on any atom is 0.411 e. The molecule has 1 saturated carbocycles. The van der Waals surface area contributed by atoms with Crippen LogP contribution < -0.4 is 26.7 Å². The molecule has 1 aliphatic carbocycles. The van der Waals surface area contributed by atoms with Gasteiger partial charge in [0.05, 0.1) is 5.69 Å². The molecule has 2 aromatic carbocycles. The average Bonchev–Trinajstić information content (AvgIpc) is 3.17. The summed E-state index contributed by atoms with van der Waals surface area (Å²) in [5, 5.41) is 4.36. The first-order chi connectivity index (χ1) is 16.3. The van der Waals surface area contributed by atoms with Crippen molar-refractivity contribution in [1.29, 1.82) is 0 Å². The summed E-state index contributed by atoms with van der Waals surface area (Å²) in [6, 6.07) is 18.6. The van der Waals surface area contributed by atoms with E-state index >= 15 is 0 Å². The maximum absolute atomic E-state index is 11.5. The predicted octanol–water partition coefficient (Wildman–Crippen LogP) is 3.32. The van der Waals surface area contributed by atoms with Crippen molar-refractivity contribution in [2.45, 2.75) is 24.8 Å². The fourth-order valence-corrected chi connectivity index (χ4v) is 4.17. The number of hydrogen-bond acceptors (Lipinski definition) is 7. The molecule has 0 bridgehead atoms. The first-order valence-corrected chi connectivity index (χ1v) is 10.7. The number of amides is 2. The first kappa shape index (κ1) is 21.4. The summed E-state index contributed by atoms with van der Waals surface area (Å²) in [5.74, 6) is -0.211. The monoisotopic (exact) mass is 458 g/mol. The molecular weight excluding hydrogens is 436 g/mol. The van der Waals surface area contributed by atoms with Gasteiger partial charge < -0.3 is 26.7 Å². The summed E-state index contributed by atoms with van der Waals surface area (Å²) in [7, 11) is 0. The number of rotatable bonds is 5. The van der Waals surface area contributed by atoms with Crippen LogP contribution in [-0.4, -0.2) is 26.8 Å². The van der Waals surface area contributed by atoms with Gasteiger partial charge in [0.1, 0.15) is 5.69 Å². The highest BCUT2D eigenvalue weighted by molar-refractivity contribution is 5.84. The molecule has 0 saturated heterocycles. The minimum Gasteiger partial charge on any atom is -0.406 e. The van der Waals surface area contributed by atoms with Gasteiger partial charge >= 0.3 is 12.2 Å². The van der Waals surface area contributed by atoms with E-state index in [2.05, 4.69) is 5.10 Å². The number of fused-ring (bicyclic) bond motifs is 1. The van der Waals surface area contributed by atoms with E-state index in [0.717, 1.165) is 36.0 Å². The molecule has 0 radical (unpaired) electrons. The quantitative estimate of drug-likeness (QED) is 0.413. The molecule has 1 aliphatic rings. The molecular formula is C24H22N6O4. The predicted molar refractivity (Wildman–Crippen MR) is 124 cm³/mol. The van der Waals surface area contributed by atoms with Gasteiger partial charge in [-0.1, -0.05) is 54.6 Å². The Morgan fingerprint density at radius 1 is 0.912 bits per heavy atom. The highest BCUT2D eigenvalue weighted by Gasteiger charge is 2.34. The Morgan fingerprint density at radius 3 is 2.18 bits per heavy atom. The molecule has 5 rings (SSSR count). The van der Waals surface area contributed by atoms with E-state index in [1.165, 1.54) is 10.6 Å². The Bertz CT molecular complexity index is 1390. The maximum atomic E-state index is 11.5. The van der Waals surface area contributed by atoms with Gasteiger partial charge in [0.2, 0.25) is 5.88 Å². The average molecular weight is 458 g/mol. The number of aromatic nitrogens is 3. The largest absolute Gasteiger partial charge is 0.411 e. The van der Waals surface area contributed by atoms with Crippen LogP contribution in [0.25, 0.3) is 28.2 Å². The fraction of sp³-hybridized carbons (Fsp3) is 0.167. The molecule has 34 heavy (non-hydrogen) atoms. The topological polar surface area (TPSA) is 161 Å². The highest BCUT2D eigenvalue weighted by atomic mass is 16.6. The molecule has 2 aromatic heterocycles. The number of benzene rings is 2. The second-order valence-corrected chi connectivity index (χ2v) is 8.19. The Hall–Kier alpha value is -4.44. The molecule has 10 heteroatoms. The van der Waals surface area contributed by atoms with Crippen molar-refractivity contribution in [3.8, 4) is 34.1 Å². The van der Waals surface area contributed by atoms with Crippen molar-refractivity contribution in [1.82, 2.24) is 14.6 Å². The number of ether oxygens (including phenoxy) is 2. The van der Waals surface area contributed by atoms with E-state index < -0.39 is 12.2 Å². The number of hydrogen-bond donors (Lipinski definition) is 3. The van der Waals surface area contributed by atoms with Crippen LogP contribution in [0.1, 0.15) is 24.8 Å². The van der Waals surface area contributed by atoms with E-state index in [1.807, 2.05) is 54.6 Å². The summed E-state index contributed by atoms with van der Waals surface area (Å²) < 4.78 is 11.5. The minimum atomic E-state index is -1.07. The SMILES string of the molecule is NC(=O)Oc1cc(OC(N)=O)c2nc(-c3ccc(C4(N)CCC4)cc3)c(-c3ccccc3)n2n1. The second-order valence-electron chi connectivity index (χ2n) is 8.19. The lowest BCUT2D eigenvalue weighted by Gasteiger charge is -2.38. The number of carbonyl (C=O) groups excluding carboxylic acids is 2. The second kappa shape index (κ2) is 8.16. The van der Waals surface area contributed by atoms with Gasteiger partial charge in [-0.3, -0.25) is 0 Å². The van der Waals surface area contributed by atoms with Crippen molar-refractivity contribution >= 4 is 17.8 Å². The lowest BCUT2D eigenvalue weighted by atomic mass is 9.72. The highest BCUT2D eigenvalue weighted by Crippen LogP contribution is 2.40. The van der Waals surface area contributed by atoms with Crippen LogP contribution >= 0.6 is 0 Å².